The van der Waals surface area contributed by atoms with Crippen LogP contribution in [-0.2, 0) is 6.54 Å². The van der Waals surface area contributed by atoms with Crippen molar-refractivity contribution in [1.82, 2.24) is 4.98 Å². The van der Waals surface area contributed by atoms with Gasteiger partial charge in [-0.05, 0) is 28.1 Å². The minimum atomic E-state index is 0.533. The van der Waals surface area contributed by atoms with Crippen LogP contribution in [-0.4, -0.2) is 4.98 Å². The summed E-state index contributed by atoms with van der Waals surface area (Å²) in [6, 6.07) is 3.61. The van der Waals surface area contributed by atoms with E-state index in [2.05, 4.69) is 26.2 Å². The summed E-state index contributed by atoms with van der Waals surface area (Å²) in [5.74, 6) is 0. The van der Waals surface area contributed by atoms with Crippen LogP contribution in [0.2, 0.25) is 14.5 Å². The number of hydrogen-bond donors (Lipinski definition) is 1. The summed E-state index contributed by atoms with van der Waals surface area (Å²) in [5, 5.41) is 4.35. The Labute approximate surface area is 126 Å². The summed E-state index contributed by atoms with van der Waals surface area (Å²) >= 11 is 22.6. The molecule has 0 aliphatic heterocycles. The zero-order valence-electron chi connectivity index (χ0n) is 8.31. The summed E-state index contributed by atoms with van der Waals surface area (Å²) in [6.45, 7) is 0.623. The molecule has 17 heavy (non-hydrogen) atoms. The Bertz CT molecular complexity index is 544. The number of thiazole rings is 1. The average molecular weight is 373 g/mol. The molecule has 0 saturated carbocycles. The number of aromatic nitrogens is 1. The lowest BCUT2D eigenvalue weighted by Crippen LogP contribution is -1.98. The molecular formula is C10H6BrCl3N2S. The Morgan fingerprint density at radius 1 is 1.29 bits per heavy atom. The fourth-order valence-electron chi connectivity index (χ4n) is 1.21. The van der Waals surface area contributed by atoms with Gasteiger partial charge in [0.2, 0.25) is 0 Å². The molecule has 0 saturated heterocycles. The molecule has 0 amide bonds. The van der Waals surface area contributed by atoms with Gasteiger partial charge < -0.3 is 5.32 Å². The lowest BCUT2D eigenvalue weighted by atomic mass is 10.3. The van der Waals surface area contributed by atoms with Crippen LogP contribution < -0.4 is 5.32 Å². The number of hydrogen-bond acceptors (Lipinski definition) is 3. The number of benzene rings is 1. The van der Waals surface area contributed by atoms with Gasteiger partial charge in [0.15, 0.2) is 4.47 Å². The van der Waals surface area contributed by atoms with Crippen molar-refractivity contribution in [3.63, 3.8) is 0 Å². The molecule has 0 aliphatic rings. The lowest BCUT2D eigenvalue weighted by Gasteiger charge is -2.09. The number of nitrogens with one attached hydrogen (secondary N) is 1. The first kappa shape index (κ1) is 13.4. The van der Waals surface area contributed by atoms with Crippen LogP contribution in [0, 0.1) is 0 Å². The largest absolute Gasteiger partial charge is 0.379 e. The number of anilines is 1. The molecule has 0 spiro atoms. The van der Waals surface area contributed by atoms with E-state index in [1.807, 2.05) is 6.07 Å². The van der Waals surface area contributed by atoms with Crippen molar-refractivity contribution in [1.29, 1.82) is 0 Å². The zero-order valence-corrected chi connectivity index (χ0v) is 13.0. The van der Waals surface area contributed by atoms with Crippen molar-refractivity contribution < 1.29 is 0 Å². The Morgan fingerprint density at radius 2 is 2.06 bits per heavy atom. The molecule has 0 atom stereocenters. The molecule has 90 valence electrons. The highest BCUT2D eigenvalue weighted by molar-refractivity contribution is 9.10. The van der Waals surface area contributed by atoms with Crippen LogP contribution in [0.1, 0.15) is 4.88 Å². The molecule has 0 fully saturated rings. The maximum atomic E-state index is 6.14. The normalized spacial score (nSPS) is 10.6. The molecule has 2 rings (SSSR count). The molecule has 1 aromatic heterocycles. The van der Waals surface area contributed by atoms with E-state index in [1.165, 1.54) is 11.3 Å². The van der Waals surface area contributed by atoms with E-state index in [0.717, 1.165) is 10.6 Å². The highest BCUT2D eigenvalue weighted by atomic mass is 79.9. The van der Waals surface area contributed by atoms with E-state index in [9.17, 15) is 0 Å². The molecule has 2 nitrogen and oxygen atoms in total. The summed E-state index contributed by atoms with van der Waals surface area (Å²) < 4.78 is 1.22. The number of halogens is 4. The monoisotopic (exact) mass is 370 g/mol. The van der Waals surface area contributed by atoms with E-state index >= 15 is 0 Å². The lowest BCUT2D eigenvalue weighted by molar-refractivity contribution is 1.17. The molecule has 1 aromatic carbocycles. The second-order valence-electron chi connectivity index (χ2n) is 3.16. The van der Waals surface area contributed by atoms with Crippen LogP contribution in [0.3, 0.4) is 0 Å². The van der Waals surface area contributed by atoms with Gasteiger partial charge in [0.25, 0.3) is 0 Å². The Kier molecular flexibility index (Phi) is 4.55. The Hall–Kier alpha value is -0.0000000000000000278. The first-order chi connectivity index (χ1) is 8.08. The van der Waals surface area contributed by atoms with Gasteiger partial charge in [0, 0.05) is 11.1 Å². The van der Waals surface area contributed by atoms with Gasteiger partial charge in [0.1, 0.15) is 0 Å². The Balaban J connectivity index is 2.12. The minimum absolute atomic E-state index is 0.533. The van der Waals surface area contributed by atoms with E-state index in [-0.39, 0.29) is 0 Å². The summed E-state index contributed by atoms with van der Waals surface area (Å²) in [4.78, 5) is 5.00. The van der Waals surface area contributed by atoms with Crippen molar-refractivity contribution in [3.8, 4) is 0 Å². The fraction of sp³-hybridized carbons (Fsp3) is 0.100. The van der Waals surface area contributed by atoms with E-state index in [4.69, 9.17) is 34.8 Å². The number of rotatable bonds is 3. The molecule has 0 aliphatic carbocycles. The van der Waals surface area contributed by atoms with Crippen molar-refractivity contribution >= 4 is 67.8 Å². The van der Waals surface area contributed by atoms with Crippen LogP contribution in [0.4, 0.5) is 5.69 Å². The standard InChI is InChI=1S/C10H6BrCl3N2S/c11-8-6(12)1-2-7(9(8)13)15-3-5-4-16-10(14)17-5/h1-2,4,15H,3H2. The molecule has 7 heteroatoms. The van der Waals surface area contributed by atoms with Gasteiger partial charge in [-0.15, -0.1) is 11.3 Å². The highest BCUT2D eigenvalue weighted by Crippen LogP contribution is 2.36. The molecule has 2 aromatic rings. The molecule has 0 bridgehead atoms. The van der Waals surface area contributed by atoms with Gasteiger partial charge in [-0.25, -0.2) is 4.98 Å². The topological polar surface area (TPSA) is 24.9 Å². The van der Waals surface area contributed by atoms with Crippen LogP contribution in [0.25, 0.3) is 0 Å². The quantitative estimate of drug-likeness (QED) is 0.722. The van der Waals surface area contributed by atoms with Crippen molar-refractivity contribution in [3.05, 3.63) is 42.2 Å². The average Bonchev–Trinajstić information content (AvgIpc) is 2.71. The van der Waals surface area contributed by atoms with Crippen LogP contribution >= 0.6 is 62.1 Å². The maximum absolute atomic E-state index is 6.14. The first-order valence-electron chi connectivity index (χ1n) is 4.55. The van der Waals surface area contributed by atoms with Crippen LogP contribution in [0.5, 0.6) is 0 Å². The third-order valence-corrected chi connectivity index (χ3v) is 5.12. The summed E-state index contributed by atoms with van der Waals surface area (Å²) in [5.41, 5.74) is 0.812. The predicted molar refractivity (Wildman–Crippen MR) is 78.6 cm³/mol. The van der Waals surface area contributed by atoms with Gasteiger partial charge >= 0.3 is 0 Å². The third kappa shape index (κ3) is 3.26. The first-order valence-corrected chi connectivity index (χ1v) is 7.30. The van der Waals surface area contributed by atoms with Crippen molar-refractivity contribution in [2.45, 2.75) is 6.54 Å². The fourth-order valence-corrected chi connectivity index (χ4v) is 2.91. The van der Waals surface area contributed by atoms with Crippen molar-refractivity contribution in [2.75, 3.05) is 5.32 Å². The van der Waals surface area contributed by atoms with E-state index in [0.29, 0.717) is 25.5 Å². The predicted octanol–water partition coefficient (Wildman–Crippen LogP) is 5.48. The zero-order chi connectivity index (χ0) is 12.4. The third-order valence-electron chi connectivity index (χ3n) is 2.01. The SMILES string of the molecule is Clc1ncc(CNc2ccc(Cl)c(Br)c2Cl)s1. The molecular weight excluding hydrogens is 366 g/mol. The van der Waals surface area contributed by atoms with Gasteiger partial charge in [-0.2, -0.15) is 0 Å². The van der Waals surface area contributed by atoms with Gasteiger partial charge in [-0.3, -0.25) is 0 Å². The van der Waals surface area contributed by atoms with E-state index in [1.54, 1.807) is 12.3 Å². The molecule has 1 N–H and O–H groups in total. The van der Waals surface area contributed by atoms with Gasteiger partial charge in [-0.1, -0.05) is 34.8 Å². The van der Waals surface area contributed by atoms with E-state index < -0.39 is 0 Å². The maximum Gasteiger partial charge on any atom is 0.183 e. The van der Waals surface area contributed by atoms with Crippen LogP contribution in [0.15, 0.2) is 22.8 Å². The molecule has 0 radical (unpaired) electrons. The minimum Gasteiger partial charge on any atom is -0.379 e. The highest BCUT2D eigenvalue weighted by Gasteiger charge is 2.08. The summed E-state index contributed by atoms with van der Waals surface area (Å²) in [7, 11) is 0. The molecule has 1 heterocycles. The summed E-state index contributed by atoms with van der Waals surface area (Å²) in [6.07, 6.45) is 1.73. The Morgan fingerprint density at radius 3 is 2.71 bits per heavy atom. The van der Waals surface area contributed by atoms with Crippen molar-refractivity contribution in [2.24, 2.45) is 0 Å². The smallest absolute Gasteiger partial charge is 0.183 e. The second kappa shape index (κ2) is 5.76. The molecule has 0 unspecified atom stereocenters. The number of nitrogens with zero attached hydrogens (tertiary/aromatic N) is 1. The van der Waals surface area contributed by atoms with Gasteiger partial charge in [0.05, 0.1) is 26.8 Å². The second-order valence-corrected chi connectivity index (χ2v) is 6.43.